The molecular weight excluding hydrogens is 252 g/mol. The summed E-state index contributed by atoms with van der Waals surface area (Å²) < 4.78 is 5.42. The molecule has 0 spiro atoms. The highest BCUT2D eigenvalue weighted by Crippen LogP contribution is 2.27. The number of esters is 1. The van der Waals surface area contributed by atoms with Crippen LogP contribution in [0.1, 0.15) is 78.1 Å². The van der Waals surface area contributed by atoms with Crippen LogP contribution in [0.4, 0.5) is 0 Å². The summed E-state index contributed by atoms with van der Waals surface area (Å²) in [4.78, 5) is 11.8. The largest absolute Gasteiger partial charge is 0.465 e. The summed E-state index contributed by atoms with van der Waals surface area (Å²) in [5.74, 6) is 1.10. The first-order valence-electron chi connectivity index (χ1n) is 8.49. The lowest BCUT2D eigenvalue weighted by molar-refractivity contribution is -0.145. The quantitative estimate of drug-likeness (QED) is 0.649. The third-order valence-electron chi connectivity index (χ3n) is 4.60. The third-order valence-corrected chi connectivity index (χ3v) is 4.60. The molecule has 1 N–H and O–H groups in total. The Morgan fingerprint density at radius 1 is 1.25 bits per heavy atom. The fourth-order valence-corrected chi connectivity index (χ4v) is 2.94. The molecule has 3 nitrogen and oxygen atoms in total. The Morgan fingerprint density at radius 3 is 2.55 bits per heavy atom. The SMILES string of the molecule is CCCCC(CC)COC(=O)CCC1CCC(O)CC1. The van der Waals surface area contributed by atoms with Crippen molar-refractivity contribution in [2.75, 3.05) is 6.61 Å². The van der Waals surface area contributed by atoms with E-state index in [1.54, 1.807) is 0 Å². The molecule has 1 aliphatic carbocycles. The Labute approximate surface area is 124 Å². The molecule has 20 heavy (non-hydrogen) atoms. The van der Waals surface area contributed by atoms with Crippen LogP contribution in [0.15, 0.2) is 0 Å². The summed E-state index contributed by atoms with van der Waals surface area (Å²) in [5.41, 5.74) is 0. The first-order chi connectivity index (χ1) is 9.65. The van der Waals surface area contributed by atoms with E-state index in [0.717, 1.165) is 38.5 Å². The lowest BCUT2D eigenvalue weighted by Crippen LogP contribution is -2.19. The second-order valence-corrected chi connectivity index (χ2v) is 6.31. The van der Waals surface area contributed by atoms with Gasteiger partial charge in [0.1, 0.15) is 0 Å². The van der Waals surface area contributed by atoms with Gasteiger partial charge in [-0.1, -0.05) is 33.1 Å². The molecule has 1 unspecified atom stereocenters. The number of ether oxygens (including phenoxy) is 1. The van der Waals surface area contributed by atoms with Gasteiger partial charge in [-0.3, -0.25) is 4.79 Å². The van der Waals surface area contributed by atoms with Gasteiger partial charge in [-0.25, -0.2) is 0 Å². The van der Waals surface area contributed by atoms with Crippen LogP contribution in [0, 0.1) is 11.8 Å². The van der Waals surface area contributed by atoms with Crippen molar-refractivity contribution in [2.24, 2.45) is 11.8 Å². The van der Waals surface area contributed by atoms with E-state index in [4.69, 9.17) is 4.74 Å². The summed E-state index contributed by atoms with van der Waals surface area (Å²) >= 11 is 0. The average Bonchev–Trinajstić information content (AvgIpc) is 2.47. The highest BCUT2D eigenvalue weighted by molar-refractivity contribution is 5.69. The van der Waals surface area contributed by atoms with E-state index in [9.17, 15) is 9.90 Å². The second kappa shape index (κ2) is 10.2. The molecular formula is C17H32O3. The number of unbranched alkanes of at least 4 members (excludes halogenated alkanes) is 1. The van der Waals surface area contributed by atoms with Crippen molar-refractivity contribution in [1.29, 1.82) is 0 Å². The van der Waals surface area contributed by atoms with E-state index < -0.39 is 0 Å². The lowest BCUT2D eigenvalue weighted by atomic mass is 9.85. The Balaban J connectivity index is 2.10. The predicted molar refractivity (Wildman–Crippen MR) is 81.5 cm³/mol. The fraction of sp³-hybridized carbons (Fsp3) is 0.941. The Morgan fingerprint density at radius 2 is 1.95 bits per heavy atom. The molecule has 1 aliphatic rings. The van der Waals surface area contributed by atoms with E-state index in [1.807, 2.05) is 0 Å². The van der Waals surface area contributed by atoms with Gasteiger partial charge in [-0.15, -0.1) is 0 Å². The Hall–Kier alpha value is -0.570. The van der Waals surface area contributed by atoms with E-state index >= 15 is 0 Å². The van der Waals surface area contributed by atoms with Gasteiger partial charge in [0, 0.05) is 6.42 Å². The zero-order valence-electron chi connectivity index (χ0n) is 13.3. The number of carbonyl (C=O) groups excluding carboxylic acids is 1. The number of hydrogen-bond donors (Lipinski definition) is 1. The standard InChI is InChI=1S/C17H32O3/c1-3-5-6-14(4-2)13-20-17(19)12-9-15-7-10-16(18)11-8-15/h14-16,18H,3-13H2,1-2H3. The first kappa shape index (κ1) is 17.5. The molecule has 0 heterocycles. The maximum atomic E-state index is 11.8. The lowest BCUT2D eigenvalue weighted by Gasteiger charge is -2.25. The van der Waals surface area contributed by atoms with Gasteiger partial charge in [0.05, 0.1) is 12.7 Å². The summed E-state index contributed by atoms with van der Waals surface area (Å²) in [6.07, 6.45) is 9.96. The first-order valence-corrected chi connectivity index (χ1v) is 8.49. The summed E-state index contributed by atoms with van der Waals surface area (Å²) in [7, 11) is 0. The van der Waals surface area contributed by atoms with E-state index in [-0.39, 0.29) is 12.1 Å². The van der Waals surface area contributed by atoms with Crippen molar-refractivity contribution >= 4 is 5.97 Å². The minimum absolute atomic E-state index is 0.0360. The second-order valence-electron chi connectivity index (χ2n) is 6.31. The van der Waals surface area contributed by atoms with Crippen molar-refractivity contribution in [3.8, 4) is 0 Å². The van der Waals surface area contributed by atoms with Crippen LogP contribution in [0.5, 0.6) is 0 Å². The van der Waals surface area contributed by atoms with Crippen LogP contribution in [0.2, 0.25) is 0 Å². The van der Waals surface area contributed by atoms with Crippen molar-refractivity contribution < 1.29 is 14.6 Å². The van der Waals surface area contributed by atoms with Gasteiger partial charge in [-0.05, 0) is 50.4 Å². The van der Waals surface area contributed by atoms with Crippen molar-refractivity contribution in [3.05, 3.63) is 0 Å². The zero-order valence-corrected chi connectivity index (χ0v) is 13.3. The van der Waals surface area contributed by atoms with E-state index in [0.29, 0.717) is 24.9 Å². The normalized spacial score (nSPS) is 24.4. The molecule has 0 aromatic carbocycles. The van der Waals surface area contributed by atoms with E-state index in [2.05, 4.69) is 13.8 Å². The van der Waals surface area contributed by atoms with Gasteiger partial charge >= 0.3 is 5.97 Å². The number of carbonyl (C=O) groups is 1. The minimum atomic E-state index is -0.109. The summed E-state index contributed by atoms with van der Waals surface area (Å²) in [6, 6.07) is 0. The van der Waals surface area contributed by atoms with Gasteiger partial charge < -0.3 is 9.84 Å². The molecule has 3 heteroatoms. The van der Waals surface area contributed by atoms with Crippen molar-refractivity contribution in [2.45, 2.75) is 84.2 Å². The van der Waals surface area contributed by atoms with Crippen LogP contribution in [-0.2, 0) is 9.53 Å². The Bertz CT molecular complexity index is 246. The molecule has 118 valence electrons. The van der Waals surface area contributed by atoms with Crippen LogP contribution in [-0.4, -0.2) is 23.8 Å². The smallest absolute Gasteiger partial charge is 0.305 e. The number of aliphatic hydroxyl groups excluding tert-OH is 1. The molecule has 0 saturated heterocycles. The minimum Gasteiger partial charge on any atom is -0.465 e. The highest BCUT2D eigenvalue weighted by Gasteiger charge is 2.20. The van der Waals surface area contributed by atoms with Crippen LogP contribution < -0.4 is 0 Å². The fourth-order valence-electron chi connectivity index (χ4n) is 2.94. The molecule has 0 aromatic rings. The molecule has 0 aromatic heterocycles. The maximum Gasteiger partial charge on any atom is 0.305 e. The zero-order chi connectivity index (χ0) is 14.8. The summed E-state index contributed by atoms with van der Waals surface area (Å²) in [6.45, 7) is 4.96. The monoisotopic (exact) mass is 284 g/mol. The maximum absolute atomic E-state index is 11.8. The van der Waals surface area contributed by atoms with Crippen LogP contribution >= 0.6 is 0 Å². The molecule has 0 aliphatic heterocycles. The van der Waals surface area contributed by atoms with Gasteiger partial charge in [-0.2, -0.15) is 0 Å². The third kappa shape index (κ3) is 7.28. The predicted octanol–water partition coefficient (Wildman–Crippen LogP) is 4.08. The number of aliphatic hydroxyl groups is 1. The summed E-state index contributed by atoms with van der Waals surface area (Å²) in [5, 5.41) is 9.46. The van der Waals surface area contributed by atoms with Crippen LogP contribution in [0.3, 0.4) is 0 Å². The highest BCUT2D eigenvalue weighted by atomic mass is 16.5. The average molecular weight is 284 g/mol. The van der Waals surface area contributed by atoms with E-state index in [1.165, 1.54) is 19.3 Å². The molecule has 0 amide bonds. The molecule has 1 rings (SSSR count). The molecule has 0 radical (unpaired) electrons. The van der Waals surface area contributed by atoms with Crippen molar-refractivity contribution in [3.63, 3.8) is 0 Å². The Kier molecular flexibility index (Phi) is 8.92. The molecule has 1 atom stereocenters. The van der Waals surface area contributed by atoms with Gasteiger partial charge in [0.15, 0.2) is 0 Å². The number of rotatable bonds is 9. The van der Waals surface area contributed by atoms with Gasteiger partial charge in [0.25, 0.3) is 0 Å². The van der Waals surface area contributed by atoms with Gasteiger partial charge in [0.2, 0.25) is 0 Å². The number of hydrogen-bond acceptors (Lipinski definition) is 3. The van der Waals surface area contributed by atoms with Crippen LogP contribution in [0.25, 0.3) is 0 Å². The van der Waals surface area contributed by atoms with Crippen molar-refractivity contribution in [1.82, 2.24) is 0 Å². The molecule has 1 saturated carbocycles. The molecule has 0 bridgehead atoms. The topological polar surface area (TPSA) is 46.5 Å². The molecule has 1 fully saturated rings.